The van der Waals surface area contributed by atoms with E-state index in [4.69, 9.17) is 0 Å². The van der Waals surface area contributed by atoms with E-state index in [1.165, 1.54) is 18.5 Å². The van der Waals surface area contributed by atoms with E-state index in [9.17, 15) is 26.0 Å². The molecule has 2 heterocycles. The van der Waals surface area contributed by atoms with E-state index in [0.29, 0.717) is 16.9 Å². The average Bonchev–Trinajstić information content (AvgIpc) is 3.43. The van der Waals surface area contributed by atoms with Crippen LogP contribution in [0.25, 0.3) is 17.1 Å². The normalized spacial score (nSPS) is 12.2. The third-order valence-corrected chi connectivity index (χ3v) is 5.71. The number of sulfonamides is 1. The summed E-state index contributed by atoms with van der Waals surface area (Å²) in [5.74, 6) is -2.18. The van der Waals surface area contributed by atoms with Gasteiger partial charge in [0.2, 0.25) is 15.8 Å². The molecular weight excluding hydrogens is 454 g/mol. The van der Waals surface area contributed by atoms with Crippen molar-refractivity contribution in [2.45, 2.75) is 17.6 Å². The number of imidazole rings is 1. The van der Waals surface area contributed by atoms with Crippen LogP contribution in [0.5, 0.6) is 0 Å². The summed E-state index contributed by atoms with van der Waals surface area (Å²) in [6.07, 6.45) is -1.69. The molecule has 0 spiro atoms. The Morgan fingerprint density at radius 3 is 2.34 bits per heavy atom. The van der Waals surface area contributed by atoms with Gasteiger partial charge in [0.1, 0.15) is 5.82 Å². The van der Waals surface area contributed by atoms with Gasteiger partial charge < -0.3 is 9.09 Å². The van der Waals surface area contributed by atoms with Gasteiger partial charge in [-0.15, -0.1) is 0 Å². The van der Waals surface area contributed by atoms with Crippen LogP contribution in [0, 0.1) is 5.82 Å². The van der Waals surface area contributed by atoms with Gasteiger partial charge in [-0.3, -0.25) is 0 Å². The van der Waals surface area contributed by atoms with Crippen LogP contribution in [0.15, 0.2) is 70.5 Å². The summed E-state index contributed by atoms with van der Waals surface area (Å²) in [5.41, 5.74) is 1.35. The molecular formula is C19H13F4N5O3S. The summed E-state index contributed by atoms with van der Waals surface area (Å²) in [6.45, 7) is -0.103. The van der Waals surface area contributed by atoms with Gasteiger partial charge >= 0.3 is 12.1 Å². The molecule has 32 heavy (non-hydrogen) atoms. The lowest BCUT2D eigenvalue weighted by Gasteiger charge is -2.05. The number of benzene rings is 2. The molecule has 4 rings (SSSR count). The third-order valence-electron chi connectivity index (χ3n) is 4.30. The van der Waals surface area contributed by atoms with Crippen molar-refractivity contribution in [3.63, 3.8) is 0 Å². The summed E-state index contributed by atoms with van der Waals surface area (Å²) >= 11 is 0. The minimum Gasteiger partial charge on any atom is -0.329 e. The minimum absolute atomic E-state index is 0.0796. The van der Waals surface area contributed by atoms with Crippen molar-refractivity contribution in [2.75, 3.05) is 0 Å². The van der Waals surface area contributed by atoms with Gasteiger partial charge in [0.15, 0.2) is 0 Å². The van der Waals surface area contributed by atoms with E-state index in [1.54, 1.807) is 22.9 Å². The lowest BCUT2D eigenvalue weighted by molar-refractivity contribution is -0.159. The van der Waals surface area contributed by atoms with E-state index >= 15 is 0 Å². The van der Waals surface area contributed by atoms with Gasteiger partial charge in [-0.1, -0.05) is 5.16 Å². The third kappa shape index (κ3) is 4.68. The maximum Gasteiger partial charge on any atom is 0.471 e. The Labute approximate surface area is 178 Å². The monoisotopic (exact) mass is 467 g/mol. The Kier molecular flexibility index (Phi) is 5.52. The van der Waals surface area contributed by atoms with Crippen molar-refractivity contribution in [1.82, 2.24) is 24.4 Å². The fourth-order valence-corrected chi connectivity index (χ4v) is 3.70. The smallest absolute Gasteiger partial charge is 0.329 e. The number of aromatic nitrogens is 4. The van der Waals surface area contributed by atoms with Gasteiger partial charge in [0, 0.05) is 17.4 Å². The van der Waals surface area contributed by atoms with E-state index in [2.05, 4.69) is 24.4 Å². The van der Waals surface area contributed by atoms with Crippen LogP contribution >= 0.6 is 0 Å². The molecule has 8 nitrogen and oxygen atoms in total. The zero-order valence-electron chi connectivity index (χ0n) is 15.9. The van der Waals surface area contributed by atoms with Crippen molar-refractivity contribution in [3.8, 4) is 17.1 Å². The summed E-state index contributed by atoms with van der Waals surface area (Å²) < 4.78 is 83.5. The zero-order valence-corrected chi connectivity index (χ0v) is 16.7. The van der Waals surface area contributed by atoms with E-state index in [0.717, 1.165) is 24.3 Å². The van der Waals surface area contributed by atoms with Crippen LogP contribution in [0.3, 0.4) is 0 Å². The Bertz CT molecular complexity index is 1330. The fraction of sp³-hybridized carbons (Fsp3) is 0.105. The highest BCUT2D eigenvalue weighted by Crippen LogP contribution is 2.29. The van der Waals surface area contributed by atoms with Crippen molar-refractivity contribution in [2.24, 2.45) is 0 Å². The molecule has 0 fully saturated rings. The summed E-state index contributed by atoms with van der Waals surface area (Å²) in [7, 11) is -3.84. The first-order chi connectivity index (χ1) is 15.1. The summed E-state index contributed by atoms with van der Waals surface area (Å²) in [4.78, 5) is 7.37. The van der Waals surface area contributed by atoms with Crippen molar-refractivity contribution < 1.29 is 30.5 Å². The molecule has 13 heteroatoms. The molecule has 4 aromatic rings. The maximum absolute atomic E-state index is 13.0. The number of hydrogen-bond acceptors (Lipinski definition) is 6. The lowest BCUT2D eigenvalue weighted by Crippen LogP contribution is -2.23. The molecule has 0 aliphatic heterocycles. The van der Waals surface area contributed by atoms with Gasteiger partial charge in [-0.05, 0) is 48.5 Å². The van der Waals surface area contributed by atoms with Gasteiger partial charge in [0.05, 0.1) is 23.5 Å². The van der Waals surface area contributed by atoms with Crippen LogP contribution in [-0.4, -0.2) is 28.1 Å². The van der Waals surface area contributed by atoms with Crippen LogP contribution in [0.2, 0.25) is 0 Å². The standard InChI is InChI=1S/C19H13F4N5O3S/c20-13-3-7-16(8-4-13)32(29,30)25-9-14-10-28(11-24-14)15-5-1-12(2-6-15)17-26-18(31-27-17)19(21,22)23/h1-8,10-11,25H,9H2. The molecule has 0 atom stereocenters. The Morgan fingerprint density at radius 2 is 1.72 bits per heavy atom. The summed E-state index contributed by atoms with van der Waals surface area (Å²) in [5, 5.41) is 3.33. The largest absolute Gasteiger partial charge is 0.471 e. The summed E-state index contributed by atoms with van der Waals surface area (Å²) in [6, 6.07) is 10.6. The molecule has 1 N–H and O–H groups in total. The van der Waals surface area contributed by atoms with Gasteiger partial charge in [0.25, 0.3) is 0 Å². The van der Waals surface area contributed by atoms with E-state index in [1.807, 2.05) is 0 Å². The molecule has 0 amide bonds. The Morgan fingerprint density at radius 1 is 1.03 bits per heavy atom. The molecule has 2 aromatic heterocycles. The SMILES string of the molecule is O=S(=O)(NCc1cn(-c2ccc(-c3noc(C(F)(F)F)n3)cc2)cn1)c1ccc(F)cc1. The number of hydrogen-bond donors (Lipinski definition) is 1. The number of alkyl halides is 3. The van der Waals surface area contributed by atoms with Crippen LogP contribution in [-0.2, 0) is 22.7 Å². The second-order valence-electron chi connectivity index (χ2n) is 6.52. The quantitative estimate of drug-likeness (QED) is 0.435. The molecule has 0 aliphatic carbocycles. The number of nitrogens with one attached hydrogen (secondary N) is 1. The highest BCUT2D eigenvalue weighted by molar-refractivity contribution is 7.89. The predicted octanol–water partition coefficient (Wildman–Crippen LogP) is 3.56. The number of rotatable bonds is 6. The molecule has 0 saturated carbocycles. The first-order valence-electron chi connectivity index (χ1n) is 8.92. The van der Waals surface area contributed by atoms with Gasteiger partial charge in [-0.2, -0.15) is 18.2 Å². The highest BCUT2D eigenvalue weighted by atomic mass is 32.2. The zero-order chi connectivity index (χ0) is 22.9. The van der Waals surface area contributed by atoms with Crippen LogP contribution < -0.4 is 4.72 Å². The molecule has 2 aromatic carbocycles. The molecule has 0 radical (unpaired) electrons. The Balaban J connectivity index is 1.44. The maximum atomic E-state index is 13.0. The second-order valence-corrected chi connectivity index (χ2v) is 8.29. The molecule has 0 bridgehead atoms. The fourth-order valence-electron chi connectivity index (χ4n) is 2.70. The molecule has 0 unspecified atom stereocenters. The number of nitrogens with zero attached hydrogens (tertiary/aromatic N) is 4. The number of halogens is 4. The molecule has 0 aliphatic rings. The minimum atomic E-state index is -4.73. The highest BCUT2D eigenvalue weighted by Gasteiger charge is 2.38. The van der Waals surface area contributed by atoms with Crippen LogP contribution in [0.1, 0.15) is 11.6 Å². The van der Waals surface area contributed by atoms with E-state index in [-0.39, 0.29) is 17.3 Å². The molecule has 166 valence electrons. The van der Waals surface area contributed by atoms with Crippen molar-refractivity contribution in [3.05, 3.63) is 78.5 Å². The van der Waals surface area contributed by atoms with E-state index < -0.39 is 27.9 Å². The van der Waals surface area contributed by atoms with Crippen LogP contribution in [0.4, 0.5) is 17.6 Å². The average molecular weight is 467 g/mol. The first-order valence-corrected chi connectivity index (χ1v) is 10.4. The topological polar surface area (TPSA) is 103 Å². The van der Waals surface area contributed by atoms with Crippen molar-refractivity contribution in [1.29, 1.82) is 0 Å². The van der Waals surface area contributed by atoms with Crippen molar-refractivity contribution >= 4 is 10.0 Å². The lowest BCUT2D eigenvalue weighted by atomic mass is 10.2. The molecule has 0 saturated heterocycles. The Hall–Kier alpha value is -3.58. The first kappa shape index (κ1) is 21.6. The van der Waals surface area contributed by atoms with Gasteiger partial charge in [-0.25, -0.2) is 22.5 Å². The second kappa shape index (κ2) is 8.16. The predicted molar refractivity (Wildman–Crippen MR) is 102 cm³/mol.